The fourth-order valence-electron chi connectivity index (χ4n) is 5.48. The smallest absolute Gasteiger partial charge is 0.270 e. The predicted molar refractivity (Wildman–Crippen MR) is 133 cm³/mol. The van der Waals surface area contributed by atoms with Gasteiger partial charge in [-0.2, -0.15) is 0 Å². The molecule has 4 aromatic rings. The van der Waals surface area contributed by atoms with Crippen molar-refractivity contribution in [2.45, 2.75) is 64.6 Å². The molecule has 1 unspecified atom stereocenters. The Labute approximate surface area is 195 Å². The summed E-state index contributed by atoms with van der Waals surface area (Å²) < 4.78 is 6.12. The third-order valence-electron chi connectivity index (χ3n) is 7.37. The zero-order valence-corrected chi connectivity index (χ0v) is 19.8. The molecule has 2 aromatic carbocycles. The number of nitrogens with zero attached hydrogens (tertiary/aromatic N) is 1. The van der Waals surface area contributed by atoms with Gasteiger partial charge in [-0.15, -0.1) is 0 Å². The molecule has 0 aliphatic heterocycles. The molecule has 1 fully saturated rings. The molecule has 1 aliphatic rings. The van der Waals surface area contributed by atoms with Crippen LogP contribution in [0.4, 0.5) is 0 Å². The number of benzene rings is 2. The van der Waals surface area contributed by atoms with Gasteiger partial charge in [-0.05, 0) is 70.2 Å². The van der Waals surface area contributed by atoms with Crippen LogP contribution in [0.3, 0.4) is 0 Å². The molecule has 2 atom stereocenters. The van der Waals surface area contributed by atoms with Crippen LogP contribution in [0, 0.1) is 6.92 Å². The fourth-order valence-corrected chi connectivity index (χ4v) is 5.48. The molecule has 2 aromatic heterocycles. The Kier molecular flexibility index (Phi) is 5.75. The summed E-state index contributed by atoms with van der Waals surface area (Å²) in [4.78, 5) is 18.8. The molecule has 5 rings (SSSR count). The summed E-state index contributed by atoms with van der Waals surface area (Å²) in [5.74, 6) is 1.09. The molecule has 1 aliphatic carbocycles. The molecule has 2 N–H and O–H groups in total. The molecule has 0 radical (unpaired) electrons. The van der Waals surface area contributed by atoms with Crippen molar-refractivity contribution < 1.29 is 9.21 Å². The van der Waals surface area contributed by atoms with E-state index in [0.717, 1.165) is 47.9 Å². The predicted octanol–water partition coefficient (Wildman–Crippen LogP) is 6.18. The van der Waals surface area contributed by atoms with Crippen LogP contribution in [0.1, 0.15) is 61.3 Å². The number of furan rings is 1. The van der Waals surface area contributed by atoms with Crippen LogP contribution in [0.25, 0.3) is 21.9 Å². The summed E-state index contributed by atoms with van der Waals surface area (Å²) in [5, 5.41) is 6.05. The first-order valence-electron chi connectivity index (χ1n) is 12.1. The Bertz CT molecular complexity index is 1250. The van der Waals surface area contributed by atoms with Crippen molar-refractivity contribution in [3.05, 3.63) is 71.6 Å². The van der Waals surface area contributed by atoms with Crippen molar-refractivity contribution >= 4 is 27.8 Å². The van der Waals surface area contributed by atoms with Crippen LogP contribution < -0.4 is 5.32 Å². The lowest BCUT2D eigenvalue weighted by atomic mass is 9.79. The standard InChI is InChI=1S/C28H33N3O2/c1-4-31(27(32)24-16-20-10-5-7-13-23(20)30-24)21-11-9-15-28(3,17-21)29-18-26-19(2)22-12-6-8-14-25(22)33-26/h5-8,10,12-14,16,21,29-30H,4,9,11,15,17-18H2,1-3H3/t21-,28?/m0/s1. The molecule has 5 heteroatoms. The van der Waals surface area contributed by atoms with Crippen LogP contribution >= 0.6 is 0 Å². The van der Waals surface area contributed by atoms with Crippen LogP contribution in [0.5, 0.6) is 0 Å². The number of nitrogens with one attached hydrogen (secondary N) is 2. The van der Waals surface area contributed by atoms with E-state index >= 15 is 0 Å². The molecule has 5 nitrogen and oxygen atoms in total. The van der Waals surface area contributed by atoms with Gasteiger partial charge in [0.05, 0.1) is 6.54 Å². The van der Waals surface area contributed by atoms with E-state index < -0.39 is 0 Å². The van der Waals surface area contributed by atoms with Gasteiger partial charge >= 0.3 is 0 Å². The molecular formula is C28H33N3O2. The highest BCUT2D eigenvalue weighted by Crippen LogP contribution is 2.33. The first-order chi connectivity index (χ1) is 16.0. The van der Waals surface area contributed by atoms with Gasteiger partial charge in [0.25, 0.3) is 5.91 Å². The zero-order chi connectivity index (χ0) is 23.0. The number of fused-ring (bicyclic) bond motifs is 2. The van der Waals surface area contributed by atoms with Crippen LogP contribution in [-0.4, -0.2) is 33.9 Å². The van der Waals surface area contributed by atoms with E-state index in [1.165, 1.54) is 10.9 Å². The molecule has 0 saturated heterocycles. The summed E-state index contributed by atoms with van der Waals surface area (Å²) in [7, 11) is 0. The second-order valence-corrected chi connectivity index (χ2v) is 9.67. The van der Waals surface area contributed by atoms with E-state index in [2.05, 4.69) is 48.1 Å². The minimum Gasteiger partial charge on any atom is -0.459 e. The Morgan fingerprint density at radius 1 is 1.21 bits per heavy atom. The maximum Gasteiger partial charge on any atom is 0.270 e. The van der Waals surface area contributed by atoms with Gasteiger partial charge in [0.1, 0.15) is 17.0 Å². The molecule has 172 valence electrons. The van der Waals surface area contributed by atoms with Crippen LogP contribution in [0.2, 0.25) is 0 Å². The number of hydrogen-bond acceptors (Lipinski definition) is 3. The Morgan fingerprint density at radius 3 is 2.79 bits per heavy atom. The Morgan fingerprint density at radius 2 is 2.00 bits per heavy atom. The monoisotopic (exact) mass is 443 g/mol. The number of amides is 1. The fraction of sp³-hybridized carbons (Fsp3) is 0.393. The third kappa shape index (κ3) is 4.18. The van der Waals surface area contributed by atoms with Crippen LogP contribution in [0.15, 0.2) is 59.0 Å². The summed E-state index contributed by atoms with van der Waals surface area (Å²) in [6.45, 7) is 7.91. The van der Waals surface area contributed by atoms with E-state index in [0.29, 0.717) is 18.8 Å². The SMILES string of the molecule is CCN(C(=O)c1cc2ccccc2[nH]1)[C@H]1CCCC(C)(NCc2oc3ccccc3c2C)C1. The maximum absolute atomic E-state index is 13.4. The summed E-state index contributed by atoms with van der Waals surface area (Å²) in [5.41, 5.74) is 3.80. The first kappa shape index (κ1) is 21.8. The van der Waals surface area contributed by atoms with Gasteiger partial charge in [-0.1, -0.05) is 36.4 Å². The molecule has 2 heterocycles. The largest absolute Gasteiger partial charge is 0.459 e. The number of aromatic nitrogens is 1. The van der Waals surface area contributed by atoms with Gasteiger partial charge in [-0.25, -0.2) is 0 Å². The van der Waals surface area contributed by atoms with E-state index in [1.54, 1.807) is 0 Å². The highest BCUT2D eigenvalue weighted by Gasteiger charge is 2.36. The molecular weight excluding hydrogens is 410 g/mol. The highest BCUT2D eigenvalue weighted by molar-refractivity contribution is 5.98. The van der Waals surface area contributed by atoms with Crippen molar-refractivity contribution in [3.8, 4) is 0 Å². The third-order valence-corrected chi connectivity index (χ3v) is 7.37. The van der Waals surface area contributed by atoms with Crippen molar-refractivity contribution in [2.75, 3.05) is 6.54 Å². The highest BCUT2D eigenvalue weighted by atomic mass is 16.3. The molecule has 1 saturated carbocycles. The number of carbonyl (C=O) groups excluding carboxylic acids is 1. The molecule has 1 amide bonds. The second kappa shape index (κ2) is 8.71. The lowest BCUT2D eigenvalue weighted by Gasteiger charge is -2.43. The molecule has 0 bridgehead atoms. The number of para-hydroxylation sites is 2. The van der Waals surface area contributed by atoms with Crippen molar-refractivity contribution in [2.24, 2.45) is 0 Å². The number of H-pyrrole nitrogens is 1. The van der Waals surface area contributed by atoms with Gasteiger partial charge in [0.2, 0.25) is 0 Å². The van der Waals surface area contributed by atoms with E-state index in [-0.39, 0.29) is 17.5 Å². The molecule has 33 heavy (non-hydrogen) atoms. The number of hydrogen-bond donors (Lipinski definition) is 2. The van der Waals surface area contributed by atoms with Gasteiger partial charge in [-0.3, -0.25) is 4.79 Å². The van der Waals surface area contributed by atoms with Crippen LogP contribution in [-0.2, 0) is 6.54 Å². The maximum atomic E-state index is 13.4. The van der Waals surface area contributed by atoms with Crippen molar-refractivity contribution in [1.82, 2.24) is 15.2 Å². The minimum atomic E-state index is -0.0392. The zero-order valence-electron chi connectivity index (χ0n) is 19.8. The second-order valence-electron chi connectivity index (χ2n) is 9.67. The number of carbonyl (C=O) groups is 1. The Balaban J connectivity index is 1.30. The van der Waals surface area contributed by atoms with Crippen molar-refractivity contribution in [1.29, 1.82) is 0 Å². The van der Waals surface area contributed by atoms with Crippen molar-refractivity contribution in [3.63, 3.8) is 0 Å². The quantitative estimate of drug-likeness (QED) is 0.374. The number of rotatable bonds is 6. The first-order valence-corrected chi connectivity index (χ1v) is 12.1. The normalized spacial score (nSPS) is 21.0. The lowest BCUT2D eigenvalue weighted by Crippen LogP contribution is -2.52. The van der Waals surface area contributed by atoms with Gasteiger partial charge < -0.3 is 19.6 Å². The topological polar surface area (TPSA) is 61.3 Å². The summed E-state index contributed by atoms with van der Waals surface area (Å²) >= 11 is 0. The number of aryl methyl sites for hydroxylation is 1. The average molecular weight is 444 g/mol. The van der Waals surface area contributed by atoms with E-state index in [9.17, 15) is 4.79 Å². The van der Waals surface area contributed by atoms with E-state index in [4.69, 9.17) is 4.42 Å². The minimum absolute atomic E-state index is 0.0392. The summed E-state index contributed by atoms with van der Waals surface area (Å²) in [6, 6.07) is 18.5. The lowest BCUT2D eigenvalue weighted by molar-refractivity contribution is 0.0569. The van der Waals surface area contributed by atoms with E-state index in [1.807, 2.05) is 42.5 Å². The van der Waals surface area contributed by atoms with Gasteiger partial charge in [0, 0.05) is 34.4 Å². The Hall–Kier alpha value is -3.05. The molecule has 0 spiro atoms. The number of aromatic amines is 1. The van der Waals surface area contributed by atoms with Gasteiger partial charge in [0.15, 0.2) is 0 Å². The average Bonchev–Trinajstić information content (AvgIpc) is 3.40. The summed E-state index contributed by atoms with van der Waals surface area (Å²) in [6.07, 6.45) is 4.18.